The summed E-state index contributed by atoms with van der Waals surface area (Å²) in [5.74, 6) is 0.337. The van der Waals surface area contributed by atoms with Crippen molar-refractivity contribution in [1.82, 2.24) is 19.4 Å². The van der Waals surface area contributed by atoms with Crippen LogP contribution in [-0.2, 0) is 6.54 Å². The van der Waals surface area contributed by atoms with Crippen LogP contribution in [-0.4, -0.2) is 43.7 Å². The Kier molecular flexibility index (Phi) is 3.60. The minimum Gasteiger partial charge on any atom is -0.465 e. The molecule has 20 heavy (non-hydrogen) atoms. The lowest BCUT2D eigenvalue weighted by Gasteiger charge is -2.30. The zero-order valence-electron chi connectivity index (χ0n) is 10.9. The summed E-state index contributed by atoms with van der Waals surface area (Å²) in [5, 5.41) is 9.08. The van der Waals surface area contributed by atoms with E-state index in [0.29, 0.717) is 19.0 Å². The highest BCUT2D eigenvalue weighted by atomic mass is 79.9. The summed E-state index contributed by atoms with van der Waals surface area (Å²) < 4.78 is 2.86. The molecule has 1 atom stereocenters. The van der Waals surface area contributed by atoms with E-state index in [0.717, 1.165) is 35.0 Å². The van der Waals surface area contributed by atoms with Crippen molar-refractivity contribution in [2.24, 2.45) is 5.92 Å². The van der Waals surface area contributed by atoms with Gasteiger partial charge in [0.25, 0.3) is 0 Å². The van der Waals surface area contributed by atoms with Crippen LogP contribution in [0, 0.1) is 5.92 Å². The van der Waals surface area contributed by atoms with E-state index in [1.165, 1.54) is 4.90 Å². The lowest BCUT2D eigenvalue weighted by Crippen LogP contribution is -2.40. The maximum Gasteiger partial charge on any atom is 0.407 e. The van der Waals surface area contributed by atoms with E-state index in [9.17, 15) is 4.79 Å². The van der Waals surface area contributed by atoms with Gasteiger partial charge in [-0.05, 0) is 40.8 Å². The third kappa shape index (κ3) is 2.63. The van der Waals surface area contributed by atoms with Crippen molar-refractivity contribution in [3.05, 3.63) is 23.2 Å². The van der Waals surface area contributed by atoms with Gasteiger partial charge in [0.2, 0.25) is 0 Å². The van der Waals surface area contributed by atoms with E-state index in [-0.39, 0.29) is 0 Å². The maximum absolute atomic E-state index is 11.1. The zero-order chi connectivity index (χ0) is 14.1. The van der Waals surface area contributed by atoms with Crippen LogP contribution >= 0.6 is 15.9 Å². The van der Waals surface area contributed by atoms with E-state index in [4.69, 9.17) is 5.11 Å². The van der Waals surface area contributed by atoms with E-state index in [2.05, 4.69) is 30.5 Å². The smallest absolute Gasteiger partial charge is 0.407 e. The highest BCUT2D eigenvalue weighted by Gasteiger charge is 2.23. The first-order valence-corrected chi connectivity index (χ1v) is 7.37. The molecule has 106 valence electrons. The van der Waals surface area contributed by atoms with Crippen molar-refractivity contribution in [2.75, 3.05) is 13.1 Å². The predicted octanol–water partition coefficient (Wildman–Crippen LogP) is 2.58. The van der Waals surface area contributed by atoms with Crippen LogP contribution in [0.25, 0.3) is 11.0 Å². The summed E-state index contributed by atoms with van der Waals surface area (Å²) in [6, 6.07) is 1.94. The number of hydrogen-bond donors (Lipinski definition) is 1. The van der Waals surface area contributed by atoms with E-state index in [1.807, 2.05) is 6.07 Å². The van der Waals surface area contributed by atoms with Crippen LogP contribution in [0.3, 0.4) is 0 Å². The number of nitrogens with zero attached hydrogens (tertiary/aromatic N) is 4. The third-order valence-electron chi connectivity index (χ3n) is 3.72. The largest absolute Gasteiger partial charge is 0.465 e. The van der Waals surface area contributed by atoms with E-state index >= 15 is 0 Å². The molecular weight excluding hydrogens is 324 g/mol. The molecule has 6 nitrogen and oxygen atoms in total. The van der Waals surface area contributed by atoms with Gasteiger partial charge in [0, 0.05) is 19.6 Å². The van der Waals surface area contributed by atoms with Gasteiger partial charge in [0.15, 0.2) is 0 Å². The van der Waals surface area contributed by atoms with Crippen LogP contribution in [0.15, 0.2) is 23.2 Å². The fourth-order valence-corrected chi connectivity index (χ4v) is 3.07. The van der Waals surface area contributed by atoms with Gasteiger partial charge in [-0.2, -0.15) is 0 Å². The molecule has 0 aliphatic carbocycles. The number of aromatic nitrogens is 3. The standard InChI is InChI=1S/C13H15BrN4O2/c14-12-4-11-10(5-15-12)16-8-18(11)7-9-2-1-3-17(6-9)13(19)20/h4-5,8-9H,1-3,6-7H2,(H,19,20). The minimum atomic E-state index is -0.822. The fraction of sp³-hybridized carbons (Fsp3) is 0.462. The van der Waals surface area contributed by atoms with E-state index < -0.39 is 6.09 Å². The van der Waals surface area contributed by atoms with Gasteiger partial charge in [0.1, 0.15) is 10.1 Å². The lowest BCUT2D eigenvalue weighted by molar-refractivity contribution is 0.116. The molecule has 1 amide bonds. The molecule has 3 heterocycles. The Morgan fingerprint density at radius 1 is 1.50 bits per heavy atom. The van der Waals surface area contributed by atoms with Gasteiger partial charge in [0.05, 0.1) is 18.0 Å². The number of imidazole rings is 1. The second-order valence-corrected chi connectivity index (χ2v) is 5.94. The number of hydrogen-bond acceptors (Lipinski definition) is 3. The molecule has 7 heteroatoms. The number of likely N-dealkylation sites (tertiary alicyclic amines) is 1. The summed E-state index contributed by atoms with van der Waals surface area (Å²) in [6.45, 7) is 2.03. The first kappa shape index (κ1) is 13.4. The third-order valence-corrected chi connectivity index (χ3v) is 4.15. The molecule has 1 aliphatic rings. The molecule has 1 saturated heterocycles. The predicted molar refractivity (Wildman–Crippen MR) is 77.5 cm³/mol. The molecule has 2 aromatic heterocycles. The molecule has 0 radical (unpaired) electrons. The molecule has 0 aromatic carbocycles. The van der Waals surface area contributed by atoms with Gasteiger partial charge in [-0.3, -0.25) is 0 Å². The van der Waals surface area contributed by atoms with Crippen molar-refractivity contribution in [3.8, 4) is 0 Å². The first-order valence-electron chi connectivity index (χ1n) is 6.58. The highest BCUT2D eigenvalue weighted by Crippen LogP contribution is 2.22. The summed E-state index contributed by atoms with van der Waals surface area (Å²) in [4.78, 5) is 21.0. The number of amides is 1. The van der Waals surface area contributed by atoms with Gasteiger partial charge in [-0.15, -0.1) is 0 Å². The average molecular weight is 339 g/mol. The molecule has 3 rings (SSSR count). The molecule has 0 bridgehead atoms. The second-order valence-electron chi connectivity index (χ2n) is 5.13. The summed E-state index contributed by atoms with van der Waals surface area (Å²) >= 11 is 3.37. The summed E-state index contributed by atoms with van der Waals surface area (Å²) in [7, 11) is 0. The first-order chi connectivity index (χ1) is 9.63. The summed E-state index contributed by atoms with van der Waals surface area (Å²) in [5.41, 5.74) is 1.89. The highest BCUT2D eigenvalue weighted by molar-refractivity contribution is 9.10. The Labute approximate surface area is 124 Å². The molecule has 1 unspecified atom stereocenters. The molecule has 1 fully saturated rings. The number of carbonyl (C=O) groups is 1. The maximum atomic E-state index is 11.1. The fourth-order valence-electron chi connectivity index (χ4n) is 2.75. The normalized spacial score (nSPS) is 19.4. The Balaban J connectivity index is 1.79. The molecule has 1 aliphatic heterocycles. The van der Waals surface area contributed by atoms with Crippen molar-refractivity contribution in [2.45, 2.75) is 19.4 Å². The van der Waals surface area contributed by atoms with Crippen molar-refractivity contribution in [3.63, 3.8) is 0 Å². The molecule has 2 aromatic rings. The van der Waals surface area contributed by atoms with Crippen LogP contribution in [0.5, 0.6) is 0 Å². The SMILES string of the molecule is O=C(O)N1CCCC(Cn2cnc3cnc(Br)cc32)C1. The molecule has 1 N–H and O–H groups in total. The van der Waals surface area contributed by atoms with Crippen LogP contribution in [0.1, 0.15) is 12.8 Å². The number of halogens is 1. The van der Waals surface area contributed by atoms with Crippen LogP contribution in [0.2, 0.25) is 0 Å². The Morgan fingerprint density at radius 2 is 2.35 bits per heavy atom. The Morgan fingerprint density at radius 3 is 3.15 bits per heavy atom. The van der Waals surface area contributed by atoms with Gasteiger partial charge in [-0.25, -0.2) is 14.8 Å². The molecule has 0 spiro atoms. The number of fused-ring (bicyclic) bond motifs is 1. The number of carboxylic acid groups (broad SMARTS) is 1. The Bertz CT molecular complexity index is 642. The van der Waals surface area contributed by atoms with Gasteiger partial charge < -0.3 is 14.6 Å². The zero-order valence-corrected chi connectivity index (χ0v) is 12.5. The van der Waals surface area contributed by atoms with Crippen molar-refractivity contribution < 1.29 is 9.90 Å². The topological polar surface area (TPSA) is 71.2 Å². The summed E-state index contributed by atoms with van der Waals surface area (Å²) in [6.07, 6.45) is 4.70. The quantitative estimate of drug-likeness (QED) is 0.854. The molecule has 0 saturated carbocycles. The van der Waals surface area contributed by atoms with Gasteiger partial charge >= 0.3 is 6.09 Å². The molecular formula is C13H15BrN4O2. The lowest BCUT2D eigenvalue weighted by atomic mass is 9.98. The number of pyridine rings is 1. The van der Waals surface area contributed by atoms with Crippen LogP contribution in [0.4, 0.5) is 4.79 Å². The minimum absolute atomic E-state index is 0.337. The Hall–Kier alpha value is -1.63. The number of rotatable bonds is 2. The van der Waals surface area contributed by atoms with E-state index in [1.54, 1.807) is 12.5 Å². The monoisotopic (exact) mass is 338 g/mol. The average Bonchev–Trinajstić information content (AvgIpc) is 2.82. The number of piperidine rings is 1. The van der Waals surface area contributed by atoms with Crippen molar-refractivity contribution >= 4 is 33.1 Å². The second kappa shape index (κ2) is 5.40. The van der Waals surface area contributed by atoms with Gasteiger partial charge in [-0.1, -0.05) is 0 Å². The van der Waals surface area contributed by atoms with Crippen LogP contribution < -0.4 is 0 Å². The van der Waals surface area contributed by atoms with Crippen molar-refractivity contribution in [1.29, 1.82) is 0 Å².